The molecule has 0 atom stereocenters. The summed E-state index contributed by atoms with van der Waals surface area (Å²) in [4.78, 5) is 19.8. The minimum atomic E-state index is -0.325. The molecule has 0 bridgehead atoms. The van der Waals surface area contributed by atoms with Crippen molar-refractivity contribution in [1.29, 1.82) is 0 Å². The van der Waals surface area contributed by atoms with Gasteiger partial charge in [0, 0.05) is 30.3 Å². The number of likely N-dealkylation sites (N-methyl/N-ethyl adjacent to an activating group) is 1. The number of carbonyl (C=O) groups is 1. The molecule has 2 aromatic carbocycles. The van der Waals surface area contributed by atoms with Crippen LogP contribution in [0, 0.1) is 5.82 Å². The number of nitrogens with zero attached hydrogens (tertiary/aromatic N) is 4. The van der Waals surface area contributed by atoms with Gasteiger partial charge in [0.1, 0.15) is 17.3 Å². The van der Waals surface area contributed by atoms with Gasteiger partial charge in [0.15, 0.2) is 5.82 Å². The highest BCUT2D eigenvalue weighted by molar-refractivity contribution is 7.20. The summed E-state index contributed by atoms with van der Waals surface area (Å²) in [5, 5.41) is 11.8. The summed E-state index contributed by atoms with van der Waals surface area (Å²) < 4.78 is 21.3. The Balaban J connectivity index is 1.52. The van der Waals surface area contributed by atoms with Crippen LogP contribution in [0.25, 0.3) is 16.2 Å². The third-order valence-electron chi connectivity index (χ3n) is 5.24. The quantitative estimate of drug-likeness (QED) is 0.331. The number of benzene rings is 2. The number of carbonyl (C=O) groups excluding carboxylic acids is 1. The Bertz CT molecular complexity index is 1360. The van der Waals surface area contributed by atoms with Crippen molar-refractivity contribution >= 4 is 33.2 Å². The van der Waals surface area contributed by atoms with E-state index in [0.29, 0.717) is 40.3 Å². The summed E-state index contributed by atoms with van der Waals surface area (Å²) in [7, 11) is 1.82. The number of rotatable bonds is 9. The standard InChI is InChI=1S/C26H31FN6O2S/c1-6-35-20-13-8-7-10-18(20)15-28-21(34)16-32(5)25-31-33-23(30-26(2,3)4)22(29-24(33)36-25)17-11-9-12-19(27)14-17/h7-14,30H,6,15-16H2,1-5H3,(H,28,34). The van der Waals surface area contributed by atoms with E-state index < -0.39 is 0 Å². The van der Waals surface area contributed by atoms with Crippen molar-refractivity contribution in [3.8, 4) is 17.0 Å². The molecule has 0 aliphatic carbocycles. The fourth-order valence-electron chi connectivity index (χ4n) is 3.68. The number of aromatic nitrogens is 3. The van der Waals surface area contributed by atoms with Crippen LogP contribution in [-0.2, 0) is 11.3 Å². The fourth-order valence-corrected chi connectivity index (χ4v) is 4.54. The third-order valence-corrected chi connectivity index (χ3v) is 6.26. The van der Waals surface area contributed by atoms with Crippen molar-refractivity contribution < 1.29 is 13.9 Å². The average Bonchev–Trinajstić information content (AvgIpc) is 3.37. The van der Waals surface area contributed by atoms with Gasteiger partial charge in [-0.15, -0.1) is 5.10 Å². The van der Waals surface area contributed by atoms with Crippen LogP contribution in [0.1, 0.15) is 33.3 Å². The molecular formula is C26H31FN6O2S. The second-order valence-electron chi connectivity index (χ2n) is 9.45. The lowest BCUT2D eigenvalue weighted by Gasteiger charge is -2.22. The van der Waals surface area contributed by atoms with Crippen molar-refractivity contribution in [1.82, 2.24) is 19.9 Å². The molecule has 2 aromatic heterocycles. The highest BCUT2D eigenvalue weighted by atomic mass is 32.1. The number of hydrogen-bond acceptors (Lipinski definition) is 7. The number of fused-ring (bicyclic) bond motifs is 1. The zero-order valence-electron chi connectivity index (χ0n) is 21.1. The Morgan fingerprint density at radius 1 is 1.19 bits per heavy atom. The third kappa shape index (κ3) is 5.93. The van der Waals surface area contributed by atoms with Gasteiger partial charge in [-0.05, 0) is 45.9 Å². The minimum absolute atomic E-state index is 0.131. The van der Waals surface area contributed by atoms with Crippen LogP contribution in [-0.4, -0.2) is 46.2 Å². The van der Waals surface area contributed by atoms with Gasteiger partial charge in [0.2, 0.25) is 16.0 Å². The first-order valence-corrected chi connectivity index (χ1v) is 12.6. The number of hydrogen-bond donors (Lipinski definition) is 2. The summed E-state index contributed by atoms with van der Waals surface area (Å²) in [5.74, 6) is 0.984. The summed E-state index contributed by atoms with van der Waals surface area (Å²) >= 11 is 1.36. The van der Waals surface area contributed by atoms with Crippen LogP contribution >= 0.6 is 11.3 Å². The monoisotopic (exact) mass is 510 g/mol. The van der Waals surface area contributed by atoms with Crippen molar-refractivity contribution in [2.75, 3.05) is 30.4 Å². The molecular weight excluding hydrogens is 479 g/mol. The maximum absolute atomic E-state index is 13.9. The predicted octanol–water partition coefficient (Wildman–Crippen LogP) is 4.96. The maximum Gasteiger partial charge on any atom is 0.239 e. The van der Waals surface area contributed by atoms with E-state index in [1.54, 1.807) is 15.5 Å². The summed E-state index contributed by atoms with van der Waals surface area (Å²) in [5.41, 5.74) is 1.95. The number of anilines is 2. The molecule has 36 heavy (non-hydrogen) atoms. The van der Waals surface area contributed by atoms with E-state index in [-0.39, 0.29) is 23.8 Å². The molecule has 8 nitrogen and oxygen atoms in total. The molecule has 1 amide bonds. The molecule has 0 aliphatic rings. The number of ether oxygens (including phenoxy) is 1. The zero-order chi connectivity index (χ0) is 25.9. The number of halogens is 1. The second-order valence-corrected chi connectivity index (χ2v) is 10.4. The average molecular weight is 511 g/mol. The normalized spacial score (nSPS) is 11.5. The first-order chi connectivity index (χ1) is 17.1. The van der Waals surface area contributed by atoms with Crippen molar-refractivity contribution in [2.45, 2.75) is 39.8 Å². The first kappa shape index (κ1) is 25.4. The van der Waals surface area contributed by atoms with Gasteiger partial charge in [-0.1, -0.05) is 41.7 Å². The SMILES string of the molecule is CCOc1ccccc1CNC(=O)CN(C)c1nn2c(NC(C)(C)C)c(-c3cccc(F)c3)nc2s1. The van der Waals surface area contributed by atoms with Crippen molar-refractivity contribution in [3.05, 3.63) is 59.9 Å². The van der Waals surface area contributed by atoms with Gasteiger partial charge >= 0.3 is 0 Å². The van der Waals surface area contributed by atoms with Crippen LogP contribution in [0.4, 0.5) is 15.3 Å². The molecule has 2 heterocycles. The van der Waals surface area contributed by atoms with Gasteiger partial charge in [0.25, 0.3) is 0 Å². The molecule has 190 valence electrons. The highest BCUT2D eigenvalue weighted by Gasteiger charge is 2.23. The van der Waals surface area contributed by atoms with Crippen LogP contribution in [0.5, 0.6) is 5.75 Å². The van der Waals surface area contributed by atoms with E-state index in [2.05, 4.69) is 10.6 Å². The lowest BCUT2D eigenvalue weighted by Crippen LogP contribution is -2.35. The first-order valence-electron chi connectivity index (χ1n) is 11.8. The van der Waals surface area contributed by atoms with Gasteiger partial charge < -0.3 is 20.3 Å². The molecule has 10 heteroatoms. The molecule has 0 aliphatic heterocycles. The summed E-state index contributed by atoms with van der Waals surface area (Å²) in [6.45, 7) is 9.11. The Hall–Kier alpha value is -3.66. The Kier molecular flexibility index (Phi) is 7.44. The minimum Gasteiger partial charge on any atom is -0.494 e. The van der Waals surface area contributed by atoms with Crippen LogP contribution in [0.3, 0.4) is 0 Å². The number of nitrogens with one attached hydrogen (secondary N) is 2. The van der Waals surface area contributed by atoms with E-state index in [4.69, 9.17) is 14.8 Å². The van der Waals surface area contributed by atoms with Crippen molar-refractivity contribution in [3.63, 3.8) is 0 Å². The van der Waals surface area contributed by atoms with E-state index in [9.17, 15) is 9.18 Å². The van der Waals surface area contributed by atoms with Crippen molar-refractivity contribution in [2.24, 2.45) is 0 Å². The molecule has 0 saturated carbocycles. The van der Waals surface area contributed by atoms with E-state index in [0.717, 1.165) is 11.3 Å². The molecule has 0 spiro atoms. The largest absolute Gasteiger partial charge is 0.494 e. The van der Waals surface area contributed by atoms with E-state index in [1.807, 2.05) is 65.1 Å². The van der Waals surface area contributed by atoms with Crippen LogP contribution in [0.15, 0.2) is 48.5 Å². The molecule has 0 saturated heterocycles. The van der Waals surface area contributed by atoms with Gasteiger partial charge in [-0.25, -0.2) is 9.37 Å². The molecule has 4 aromatic rings. The van der Waals surface area contributed by atoms with Crippen LogP contribution < -0.4 is 20.3 Å². The lowest BCUT2D eigenvalue weighted by atomic mass is 10.1. The number of imidazole rings is 1. The predicted molar refractivity (Wildman–Crippen MR) is 142 cm³/mol. The topological polar surface area (TPSA) is 83.8 Å². The smallest absolute Gasteiger partial charge is 0.239 e. The molecule has 0 fully saturated rings. The van der Waals surface area contributed by atoms with E-state index in [1.165, 1.54) is 23.5 Å². The van der Waals surface area contributed by atoms with Crippen LogP contribution in [0.2, 0.25) is 0 Å². The van der Waals surface area contributed by atoms with E-state index >= 15 is 0 Å². The Morgan fingerprint density at radius 3 is 2.69 bits per heavy atom. The summed E-state index contributed by atoms with van der Waals surface area (Å²) in [6.07, 6.45) is 0. The zero-order valence-corrected chi connectivity index (χ0v) is 21.9. The van der Waals surface area contributed by atoms with Gasteiger partial charge in [-0.3, -0.25) is 4.79 Å². The molecule has 4 rings (SSSR count). The summed E-state index contributed by atoms with van der Waals surface area (Å²) in [6, 6.07) is 14.0. The molecule has 2 N–H and O–H groups in total. The van der Waals surface area contributed by atoms with Gasteiger partial charge in [0.05, 0.1) is 13.2 Å². The second kappa shape index (κ2) is 10.5. The molecule has 0 unspecified atom stereocenters. The lowest BCUT2D eigenvalue weighted by molar-refractivity contribution is -0.119. The maximum atomic E-state index is 13.9. The molecule has 0 radical (unpaired) electrons. The van der Waals surface area contributed by atoms with Gasteiger partial charge in [-0.2, -0.15) is 4.52 Å². The Labute approximate surface area is 214 Å². The Morgan fingerprint density at radius 2 is 1.97 bits per heavy atom. The number of para-hydroxylation sites is 1. The highest BCUT2D eigenvalue weighted by Crippen LogP contribution is 2.34. The number of amides is 1. The fraction of sp³-hybridized carbons (Fsp3) is 0.346.